The number of aliphatic hydroxyl groups excluding tert-OH is 1. The van der Waals surface area contributed by atoms with Crippen LogP contribution in [-0.2, 0) is 0 Å². The van der Waals surface area contributed by atoms with E-state index in [0.29, 0.717) is 12.5 Å². The van der Waals surface area contributed by atoms with E-state index in [9.17, 15) is 9.90 Å². The average molecular weight is 311 g/mol. The van der Waals surface area contributed by atoms with Crippen LogP contribution < -0.4 is 5.32 Å². The molecule has 2 fully saturated rings. The van der Waals surface area contributed by atoms with Crippen LogP contribution in [0.15, 0.2) is 0 Å². The van der Waals surface area contributed by atoms with E-state index in [4.69, 9.17) is 0 Å². The van der Waals surface area contributed by atoms with Crippen LogP contribution in [0.25, 0.3) is 0 Å². The molecular weight excluding hydrogens is 278 g/mol. The Bertz CT molecular complexity index is 357. The van der Waals surface area contributed by atoms with Gasteiger partial charge >= 0.3 is 6.03 Å². The standard InChI is InChI=1S/C17H33N3O2/c1-14(21)15-7-11-19(12-8-15)16(22)18-13-17(2,3)20-9-5-4-6-10-20/h14-15,21H,4-13H2,1-3H3,(H,18,22). The molecule has 128 valence electrons. The molecular formula is C17H33N3O2. The Balaban J connectivity index is 1.75. The van der Waals surface area contributed by atoms with Crippen LogP contribution >= 0.6 is 0 Å². The van der Waals surface area contributed by atoms with E-state index >= 15 is 0 Å². The second-order valence-corrected chi connectivity index (χ2v) is 7.58. The van der Waals surface area contributed by atoms with E-state index in [2.05, 4.69) is 24.1 Å². The van der Waals surface area contributed by atoms with Crippen LogP contribution in [0.2, 0.25) is 0 Å². The highest BCUT2D eigenvalue weighted by molar-refractivity contribution is 5.74. The lowest BCUT2D eigenvalue weighted by atomic mass is 9.92. The van der Waals surface area contributed by atoms with Crippen LogP contribution in [0.5, 0.6) is 0 Å². The zero-order valence-electron chi connectivity index (χ0n) is 14.5. The molecule has 0 bridgehead atoms. The third kappa shape index (κ3) is 4.59. The Morgan fingerprint density at radius 3 is 2.32 bits per heavy atom. The molecule has 0 aromatic carbocycles. The van der Waals surface area contributed by atoms with Crippen molar-refractivity contribution in [3.05, 3.63) is 0 Å². The Morgan fingerprint density at radius 1 is 1.18 bits per heavy atom. The van der Waals surface area contributed by atoms with Crippen molar-refractivity contribution in [1.82, 2.24) is 15.1 Å². The molecule has 22 heavy (non-hydrogen) atoms. The maximum absolute atomic E-state index is 12.3. The fourth-order valence-electron chi connectivity index (χ4n) is 3.60. The zero-order valence-corrected chi connectivity index (χ0v) is 14.5. The van der Waals surface area contributed by atoms with E-state index in [1.807, 2.05) is 11.8 Å². The number of likely N-dealkylation sites (tertiary alicyclic amines) is 2. The highest BCUT2D eigenvalue weighted by atomic mass is 16.3. The van der Waals surface area contributed by atoms with Gasteiger partial charge in [-0.25, -0.2) is 4.79 Å². The maximum Gasteiger partial charge on any atom is 0.317 e. The number of urea groups is 1. The molecule has 0 aromatic heterocycles. The predicted molar refractivity (Wildman–Crippen MR) is 88.9 cm³/mol. The van der Waals surface area contributed by atoms with Gasteiger partial charge in [0.15, 0.2) is 0 Å². The molecule has 0 saturated carbocycles. The lowest BCUT2D eigenvalue weighted by molar-refractivity contribution is 0.0753. The molecule has 2 aliphatic heterocycles. The van der Waals surface area contributed by atoms with Crippen LogP contribution in [0, 0.1) is 5.92 Å². The zero-order chi connectivity index (χ0) is 16.2. The molecule has 0 radical (unpaired) electrons. The Labute approximate surface area is 135 Å². The minimum atomic E-state index is -0.261. The molecule has 2 heterocycles. The number of nitrogens with zero attached hydrogens (tertiary/aromatic N) is 2. The molecule has 2 amide bonds. The van der Waals surface area contributed by atoms with Gasteiger partial charge in [0.25, 0.3) is 0 Å². The smallest absolute Gasteiger partial charge is 0.317 e. The number of hydrogen-bond acceptors (Lipinski definition) is 3. The van der Waals surface area contributed by atoms with E-state index < -0.39 is 0 Å². The van der Waals surface area contributed by atoms with Gasteiger partial charge in [0.05, 0.1) is 6.10 Å². The normalized spacial score (nSPS) is 23.4. The van der Waals surface area contributed by atoms with Crippen LogP contribution in [0.1, 0.15) is 52.9 Å². The van der Waals surface area contributed by atoms with Crippen LogP contribution in [0.4, 0.5) is 4.79 Å². The second kappa shape index (κ2) is 7.64. The molecule has 5 heteroatoms. The lowest BCUT2D eigenvalue weighted by Crippen LogP contribution is -2.55. The van der Waals surface area contributed by atoms with Gasteiger partial charge in [-0.3, -0.25) is 4.90 Å². The number of amides is 2. The highest BCUT2D eigenvalue weighted by Gasteiger charge is 2.30. The Hall–Kier alpha value is -0.810. The number of piperidine rings is 2. The molecule has 2 N–H and O–H groups in total. The lowest BCUT2D eigenvalue weighted by Gasteiger charge is -2.41. The maximum atomic E-state index is 12.3. The number of carbonyl (C=O) groups is 1. The molecule has 2 rings (SSSR count). The summed E-state index contributed by atoms with van der Waals surface area (Å²) >= 11 is 0. The van der Waals surface area contributed by atoms with Gasteiger partial charge < -0.3 is 15.3 Å². The summed E-state index contributed by atoms with van der Waals surface area (Å²) in [5.41, 5.74) is 0.0218. The summed E-state index contributed by atoms with van der Waals surface area (Å²) in [7, 11) is 0. The van der Waals surface area contributed by atoms with Gasteiger partial charge in [0, 0.05) is 25.2 Å². The largest absolute Gasteiger partial charge is 0.393 e. The first-order valence-corrected chi connectivity index (χ1v) is 8.86. The van der Waals surface area contributed by atoms with Gasteiger partial charge in [0.1, 0.15) is 0 Å². The van der Waals surface area contributed by atoms with Gasteiger partial charge in [-0.2, -0.15) is 0 Å². The summed E-state index contributed by atoms with van der Waals surface area (Å²) in [6.07, 6.45) is 5.41. The molecule has 2 saturated heterocycles. The molecule has 1 unspecified atom stereocenters. The van der Waals surface area contributed by atoms with Gasteiger partial charge in [-0.1, -0.05) is 6.42 Å². The van der Waals surface area contributed by atoms with Crippen molar-refractivity contribution >= 4 is 6.03 Å². The van der Waals surface area contributed by atoms with Crippen molar-refractivity contribution in [2.24, 2.45) is 5.92 Å². The first kappa shape index (κ1) is 17.5. The molecule has 2 aliphatic rings. The summed E-state index contributed by atoms with van der Waals surface area (Å²) in [5, 5.41) is 12.7. The van der Waals surface area contributed by atoms with E-state index in [1.54, 1.807) is 0 Å². The first-order valence-electron chi connectivity index (χ1n) is 8.86. The first-order chi connectivity index (χ1) is 10.4. The van der Waals surface area contributed by atoms with Crippen molar-refractivity contribution in [2.75, 3.05) is 32.7 Å². The van der Waals surface area contributed by atoms with E-state index in [1.165, 1.54) is 19.3 Å². The van der Waals surface area contributed by atoms with Crippen molar-refractivity contribution in [1.29, 1.82) is 0 Å². The molecule has 0 spiro atoms. The van der Waals surface area contributed by atoms with Crippen LogP contribution in [0.3, 0.4) is 0 Å². The number of carbonyl (C=O) groups excluding carboxylic acids is 1. The minimum absolute atomic E-state index is 0.0218. The predicted octanol–water partition coefficient (Wildman–Crippen LogP) is 2.05. The number of nitrogens with one attached hydrogen (secondary N) is 1. The third-order valence-corrected chi connectivity index (χ3v) is 5.39. The second-order valence-electron chi connectivity index (χ2n) is 7.58. The topological polar surface area (TPSA) is 55.8 Å². The highest BCUT2D eigenvalue weighted by Crippen LogP contribution is 2.22. The van der Waals surface area contributed by atoms with Crippen LogP contribution in [-0.4, -0.2) is 65.3 Å². The van der Waals surface area contributed by atoms with E-state index in [0.717, 1.165) is 39.0 Å². The summed E-state index contributed by atoms with van der Waals surface area (Å²) in [6.45, 7) is 10.8. The van der Waals surface area contributed by atoms with Gasteiger partial charge in [0.2, 0.25) is 0 Å². The fraction of sp³-hybridized carbons (Fsp3) is 0.941. The Morgan fingerprint density at radius 2 is 1.77 bits per heavy atom. The quantitative estimate of drug-likeness (QED) is 0.835. The van der Waals surface area contributed by atoms with Gasteiger partial charge in [-0.05, 0) is 65.5 Å². The minimum Gasteiger partial charge on any atom is -0.393 e. The SMILES string of the molecule is CC(O)C1CCN(C(=O)NCC(C)(C)N2CCCCC2)CC1. The Kier molecular flexibility index (Phi) is 6.09. The van der Waals surface area contributed by atoms with Gasteiger partial charge in [-0.15, -0.1) is 0 Å². The van der Waals surface area contributed by atoms with Crippen molar-refractivity contribution in [3.8, 4) is 0 Å². The number of rotatable bonds is 4. The third-order valence-electron chi connectivity index (χ3n) is 5.39. The molecule has 1 atom stereocenters. The number of hydrogen-bond donors (Lipinski definition) is 2. The fourth-order valence-corrected chi connectivity index (χ4v) is 3.60. The van der Waals surface area contributed by atoms with Crippen molar-refractivity contribution in [2.45, 2.75) is 64.5 Å². The molecule has 5 nitrogen and oxygen atoms in total. The average Bonchev–Trinajstić information content (AvgIpc) is 2.53. The molecule has 0 aliphatic carbocycles. The van der Waals surface area contributed by atoms with E-state index in [-0.39, 0.29) is 17.7 Å². The van der Waals surface area contributed by atoms with Crippen molar-refractivity contribution in [3.63, 3.8) is 0 Å². The summed E-state index contributed by atoms with van der Waals surface area (Å²) in [5.74, 6) is 0.342. The summed E-state index contributed by atoms with van der Waals surface area (Å²) in [4.78, 5) is 16.7. The summed E-state index contributed by atoms with van der Waals surface area (Å²) < 4.78 is 0. The van der Waals surface area contributed by atoms with Crippen molar-refractivity contribution < 1.29 is 9.90 Å². The number of aliphatic hydroxyl groups is 1. The summed E-state index contributed by atoms with van der Waals surface area (Å²) in [6, 6.07) is 0.0501. The monoisotopic (exact) mass is 311 g/mol. The molecule has 0 aromatic rings.